The molecule has 23 heavy (non-hydrogen) atoms. The van der Waals surface area contributed by atoms with E-state index in [1.54, 1.807) is 0 Å². The monoisotopic (exact) mass is 315 g/mol. The molecule has 0 saturated carbocycles. The summed E-state index contributed by atoms with van der Waals surface area (Å²) in [5.74, 6) is 0.309. The molecule has 1 atom stereocenters. The van der Waals surface area contributed by atoms with Crippen molar-refractivity contribution in [2.24, 2.45) is 5.92 Å². The number of nitrogens with one attached hydrogen (secondary N) is 2. The number of pyridine rings is 1. The SMILES string of the molecule is CCCC(CCO)CNC(=O)Nc1cccc2ccc(C)nc12. The Balaban J connectivity index is 2.01. The molecular weight excluding hydrogens is 290 g/mol. The lowest BCUT2D eigenvalue weighted by atomic mass is 10.0. The topological polar surface area (TPSA) is 74.2 Å². The van der Waals surface area contributed by atoms with Crippen LogP contribution in [0, 0.1) is 12.8 Å². The molecule has 0 radical (unpaired) electrons. The second-order valence-corrected chi connectivity index (χ2v) is 5.83. The number of rotatable bonds is 7. The van der Waals surface area contributed by atoms with Gasteiger partial charge in [0.25, 0.3) is 0 Å². The third-order valence-corrected chi connectivity index (χ3v) is 3.89. The fraction of sp³-hybridized carbons (Fsp3) is 0.444. The highest BCUT2D eigenvalue weighted by Crippen LogP contribution is 2.21. The van der Waals surface area contributed by atoms with E-state index in [1.165, 1.54) is 0 Å². The summed E-state index contributed by atoms with van der Waals surface area (Å²) >= 11 is 0. The minimum absolute atomic E-state index is 0.153. The predicted octanol–water partition coefficient (Wildman–Crippen LogP) is 3.46. The van der Waals surface area contributed by atoms with Crippen LogP contribution in [0.4, 0.5) is 10.5 Å². The minimum Gasteiger partial charge on any atom is -0.396 e. The number of amides is 2. The van der Waals surface area contributed by atoms with E-state index in [0.717, 1.165) is 29.4 Å². The summed E-state index contributed by atoms with van der Waals surface area (Å²) < 4.78 is 0. The molecule has 5 heteroatoms. The van der Waals surface area contributed by atoms with E-state index in [4.69, 9.17) is 5.11 Å². The number of hydrogen-bond acceptors (Lipinski definition) is 3. The molecule has 0 fully saturated rings. The lowest BCUT2D eigenvalue weighted by Crippen LogP contribution is -2.33. The summed E-state index contributed by atoms with van der Waals surface area (Å²) in [6, 6.07) is 9.45. The molecule has 0 aliphatic carbocycles. The quantitative estimate of drug-likeness (QED) is 0.732. The van der Waals surface area contributed by atoms with Crippen LogP contribution in [-0.4, -0.2) is 29.3 Å². The number of carbonyl (C=O) groups is 1. The standard InChI is InChI=1S/C18H25N3O2/c1-3-5-14(10-11-22)12-19-18(23)21-16-7-4-6-15-9-8-13(2)20-17(15)16/h4,6-9,14,22H,3,5,10-12H2,1-2H3,(H2,19,21,23). The first-order valence-corrected chi connectivity index (χ1v) is 8.16. The summed E-state index contributed by atoms with van der Waals surface area (Å²) in [4.78, 5) is 16.6. The number of fused-ring (bicyclic) bond motifs is 1. The van der Waals surface area contributed by atoms with Crippen LogP contribution in [-0.2, 0) is 0 Å². The Kier molecular flexibility index (Phi) is 6.35. The molecule has 5 nitrogen and oxygen atoms in total. The fourth-order valence-corrected chi connectivity index (χ4v) is 2.69. The third-order valence-electron chi connectivity index (χ3n) is 3.89. The average molecular weight is 315 g/mol. The number of nitrogens with zero attached hydrogens (tertiary/aromatic N) is 1. The molecule has 1 heterocycles. The van der Waals surface area contributed by atoms with Crippen molar-refractivity contribution in [2.75, 3.05) is 18.5 Å². The highest BCUT2D eigenvalue weighted by atomic mass is 16.3. The molecule has 2 amide bonds. The van der Waals surface area contributed by atoms with Crippen molar-refractivity contribution in [3.05, 3.63) is 36.0 Å². The Hall–Kier alpha value is -2.14. The molecule has 0 saturated heterocycles. The summed E-state index contributed by atoms with van der Waals surface area (Å²) in [5.41, 5.74) is 2.42. The maximum atomic E-state index is 12.1. The smallest absolute Gasteiger partial charge is 0.319 e. The van der Waals surface area contributed by atoms with Crippen LogP contribution in [0.25, 0.3) is 10.9 Å². The Morgan fingerprint density at radius 2 is 2.09 bits per heavy atom. The van der Waals surface area contributed by atoms with E-state index in [-0.39, 0.29) is 12.6 Å². The molecule has 2 aromatic rings. The summed E-state index contributed by atoms with van der Waals surface area (Å²) in [5, 5.41) is 15.8. The van der Waals surface area contributed by atoms with Crippen LogP contribution >= 0.6 is 0 Å². The van der Waals surface area contributed by atoms with Crippen molar-refractivity contribution < 1.29 is 9.90 Å². The maximum absolute atomic E-state index is 12.1. The van der Waals surface area contributed by atoms with E-state index >= 15 is 0 Å². The fourth-order valence-electron chi connectivity index (χ4n) is 2.69. The van der Waals surface area contributed by atoms with Crippen LogP contribution in [0.5, 0.6) is 0 Å². The van der Waals surface area contributed by atoms with Gasteiger partial charge in [-0.3, -0.25) is 4.98 Å². The minimum atomic E-state index is -0.236. The first-order valence-electron chi connectivity index (χ1n) is 8.16. The van der Waals surface area contributed by atoms with Gasteiger partial charge in [-0.2, -0.15) is 0 Å². The van der Waals surface area contributed by atoms with Crippen LogP contribution in [0.2, 0.25) is 0 Å². The molecule has 0 bridgehead atoms. The van der Waals surface area contributed by atoms with Crippen LogP contribution in [0.1, 0.15) is 31.9 Å². The van der Waals surface area contributed by atoms with E-state index in [0.29, 0.717) is 24.6 Å². The van der Waals surface area contributed by atoms with Crippen molar-refractivity contribution in [1.29, 1.82) is 0 Å². The largest absolute Gasteiger partial charge is 0.396 e. The highest BCUT2D eigenvalue weighted by molar-refractivity contribution is 5.99. The van der Waals surface area contributed by atoms with Crippen molar-refractivity contribution in [2.45, 2.75) is 33.1 Å². The molecule has 1 unspecified atom stereocenters. The number of para-hydroxylation sites is 1. The van der Waals surface area contributed by atoms with Gasteiger partial charge in [-0.05, 0) is 37.8 Å². The van der Waals surface area contributed by atoms with Gasteiger partial charge in [0.15, 0.2) is 0 Å². The third kappa shape index (κ3) is 4.93. The molecule has 0 spiro atoms. The van der Waals surface area contributed by atoms with Gasteiger partial charge in [0.05, 0.1) is 11.2 Å². The molecule has 2 rings (SSSR count). The number of benzene rings is 1. The first-order chi connectivity index (χ1) is 11.1. The molecular formula is C18H25N3O2. The zero-order chi connectivity index (χ0) is 16.7. The van der Waals surface area contributed by atoms with Crippen molar-refractivity contribution in [3.8, 4) is 0 Å². The van der Waals surface area contributed by atoms with Gasteiger partial charge in [0, 0.05) is 24.2 Å². The van der Waals surface area contributed by atoms with Gasteiger partial charge in [0.2, 0.25) is 0 Å². The van der Waals surface area contributed by atoms with E-state index < -0.39 is 0 Å². The number of aromatic nitrogens is 1. The van der Waals surface area contributed by atoms with Crippen molar-refractivity contribution in [3.63, 3.8) is 0 Å². The van der Waals surface area contributed by atoms with E-state index in [2.05, 4.69) is 22.5 Å². The second kappa shape index (κ2) is 8.48. The van der Waals surface area contributed by atoms with Crippen LogP contribution in [0.3, 0.4) is 0 Å². The summed E-state index contributed by atoms with van der Waals surface area (Å²) in [6.45, 7) is 4.76. The van der Waals surface area contributed by atoms with E-state index in [1.807, 2.05) is 37.3 Å². The number of anilines is 1. The first kappa shape index (κ1) is 17.2. The zero-order valence-electron chi connectivity index (χ0n) is 13.8. The Morgan fingerprint density at radius 1 is 1.26 bits per heavy atom. The van der Waals surface area contributed by atoms with E-state index in [9.17, 15) is 4.79 Å². The molecule has 1 aromatic carbocycles. The molecule has 1 aromatic heterocycles. The Bertz CT molecular complexity index is 652. The number of aliphatic hydroxyl groups excluding tert-OH is 1. The Labute approximate surface area is 137 Å². The van der Waals surface area contributed by atoms with Crippen molar-refractivity contribution in [1.82, 2.24) is 10.3 Å². The zero-order valence-corrected chi connectivity index (χ0v) is 13.8. The lowest BCUT2D eigenvalue weighted by molar-refractivity contribution is 0.237. The molecule has 0 aliphatic heterocycles. The second-order valence-electron chi connectivity index (χ2n) is 5.83. The van der Waals surface area contributed by atoms with Crippen LogP contribution < -0.4 is 10.6 Å². The number of carbonyl (C=O) groups excluding carboxylic acids is 1. The van der Waals surface area contributed by atoms with Gasteiger partial charge in [-0.15, -0.1) is 0 Å². The van der Waals surface area contributed by atoms with Crippen LogP contribution in [0.15, 0.2) is 30.3 Å². The lowest BCUT2D eigenvalue weighted by Gasteiger charge is -2.16. The van der Waals surface area contributed by atoms with Crippen molar-refractivity contribution >= 4 is 22.6 Å². The highest BCUT2D eigenvalue weighted by Gasteiger charge is 2.11. The molecule has 0 aliphatic rings. The molecule has 3 N–H and O–H groups in total. The number of aliphatic hydroxyl groups is 1. The number of urea groups is 1. The molecule has 124 valence electrons. The summed E-state index contributed by atoms with van der Waals surface area (Å²) in [6.07, 6.45) is 2.75. The normalized spacial score (nSPS) is 12.1. The van der Waals surface area contributed by atoms with Gasteiger partial charge < -0.3 is 15.7 Å². The number of aryl methyl sites for hydroxylation is 1. The number of hydrogen-bond donors (Lipinski definition) is 3. The average Bonchev–Trinajstić information content (AvgIpc) is 2.54. The van der Waals surface area contributed by atoms with Gasteiger partial charge >= 0.3 is 6.03 Å². The Morgan fingerprint density at radius 3 is 2.83 bits per heavy atom. The van der Waals surface area contributed by atoms with Gasteiger partial charge in [0.1, 0.15) is 0 Å². The summed E-state index contributed by atoms with van der Waals surface area (Å²) in [7, 11) is 0. The predicted molar refractivity (Wildman–Crippen MR) is 93.6 cm³/mol. The van der Waals surface area contributed by atoms with Gasteiger partial charge in [-0.25, -0.2) is 4.79 Å². The maximum Gasteiger partial charge on any atom is 0.319 e. The van der Waals surface area contributed by atoms with Gasteiger partial charge in [-0.1, -0.05) is 31.5 Å².